The van der Waals surface area contributed by atoms with Gasteiger partial charge < -0.3 is 25.2 Å². The molecule has 1 saturated heterocycles. The van der Waals surface area contributed by atoms with Crippen molar-refractivity contribution in [3.63, 3.8) is 0 Å². The van der Waals surface area contributed by atoms with Gasteiger partial charge in [0.2, 0.25) is 0 Å². The Kier molecular flexibility index (Phi) is 6.41. The van der Waals surface area contributed by atoms with Crippen LogP contribution in [0.25, 0.3) is 0 Å². The van der Waals surface area contributed by atoms with E-state index in [-0.39, 0.29) is 40.1 Å². The van der Waals surface area contributed by atoms with Crippen LogP contribution in [0.4, 0.5) is 14.6 Å². The van der Waals surface area contributed by atoms with E-state index in [2.05, 4.69) is 10.6 Å². The van der Waals surface area contributed by atoms with Crippen LogP contribution in [-0.2, 0) is 10.5 Å². The first-order valence-corrected chi connectivity index (χ1v) is 10.4. The highest BCUT2D eigenvalue weighted by Crippen LogP contribution is 2.43. The van der Waals surface area contributed by atoms with Crippen molar-refractivity contribution in [2.45, 2.75) is 52.0 Å². The first-order chi connectivity index (χ1) is 13.4. The standard InChI is InChI=1S/C18H25N3O7S/c1-6-29-12(15(24)25)9(2)11(14(22)23)13(29)20-16(26)19-10-7-21(8-10)17(27)28-18(3,4)5/h10H,6-8H2,1-5H3,(H3-,19,20,22,23,24,25,26)/p+1. The van der Waals surface area contributed by atoms with Gasteiger partial charge in [0, 0.05) is 29.1 Å². The molecular weight excluding hydrogens is 402 g/mol. The molecule has 1 unspecified atom stereocenters. The minimum atomic E-state index is -1.29. The number of rotatable bonds is 5. The third-order valence-electron chi connectivity index (χ3n) is 4.23. The summed E-state index contributed by atoms with van der Waals surface area (Å²) in [5, 5.41) is 24.2. The molecular formula is C18H26N3O7S+. The molecule has 160 valence electrons. The van der Waals surface area contributed by atoms with Gasteiger partial charge in [0.05, 0.1) is 6.04 Å². The number of nitrogens with zero attached hydrogens (tertiary/aromatic N) is 1. The lowest BCUT2D eigenvalue weighted by Crippen LogP contribution is -2.62. The predicted molar refractivity (Wildman–Crippen MR) is 107 cm³/mol. The molecule has 2 heterocycles. The van der Waals surface area contributed by atoms with E-state index < -0.39 is 40.1 Å². The third kappa shape index (κ3) is 4.97. The second-order valence-corrected chi connectivity index (χ2v) is 9.80. The minimum absolute atomic E-state index is 0.0000509. The maximum atomic E-state index is 12.4. The van der Waals surface area contributed by atoms with Crippen molar-refractivity contribution in [1.82, 2.24) is 10.2 Å². The molecule has 3 amide bonds. The number of hydrogen-bond acceptors (Lipinski definition) is 5. The number of carboxylic acid groups (broad SMARTS) is 2. The molecule has 1 atom stereocenters. The van der Waals surface area contributed by atoms with Crippen molar-refractivity contribution in [1.29, 1.82) is 0 Å². The molecule has 4 N–H and O–H groups in total. The van der Waals surface area contributed by atoms with Gasteiger partial charge in [0.25, 0.3) is 9.88 Å². The quantitative estimate of drug-likeness (QED) is 0.528. The summed E-state index contributed by atoms with van der Waals surface area (Å²) >= 11 is 0. The van der Waals surface area contributed by atoms with Crippen LogP contribution in [0, 0.1) is 6.92 Å². The smallest absolute Gasteiger partial charge is 0.410 e. The van der Waals surface area contributed by atoms with Crippen molar-refractivity contribution >= 4 is 39.5 Å². The zero-order valence-corrected chi connectivity index (χ0v) is 17.8. The molecule has 29 heavy (non-hydrogen) atoms. The van der Waals surface area contributed by atoms with Crippen molar-refractivity contribution in [3.05, 3.63) is 16.0 Å². The average molecular weight is 428 g/mol. The number of likely N-dealkylation sites (tertiary alicyclic amines) is 1. The van der Waals surface area contributed by atoms with Crippen LogP contribution in [-0.4, -0.2) is 63.9 Å². The number of thiophene rings is 1. The zero-order valence-electron chi connectivity index (χ0n) is 17.0. The number of carbonyl (C=O) groups is 4. The molecule has 11 heteroatoms. The summed E-state index contributed by atoms with van der Waals surface area (Å²) in [6, 6.07) is -0.952. The average Bonchev–Trinajstić information content (AvgIpc) is 2.80. The van der Waals surface area contributed by atoms with E-state index in [1.807, 2.05) is 0 Å². The minimum Gasteiger partial charge on any atom is -0.477 e. The monoisotopic (exact) mass is 428 g/mol. The maximum absolute atomic E-state index is 12.4. The molecule has 0 aromatic carbocycles. The van der Waals surface area contributed by atoms with Crippen LogP contribution in [0.2, 0.25) is 0 Å². The molecule has 0 saturated carbocycles. The van der Waals surface area contributed by atoms with Gasteiger partial charge >= 0.3 is 24.1 Å². The molecule has 1 aromatic heterocycles. The number of nitrogens with one attached hydrogen (secondary N) is 2. The van der Waals surface area contributed by atoms with Crippen LogP contribution >= 0.6 is 10.5 Å². The van der Waals surface area contributed by atoms with Gasteiger partial charge in [-0.25, -0.2) is 19.2 Å². The van der Waals surface area contributed by atoms with E-state index in [1.54, 1.807) is 27.7 Å². The van der Waals surface area contributed by atoms with Gasteiger partial charge in [-0.1, -0.05) is 0 Å². The van der Waals surface area contributed by atoms with Crippen molar-refractivity contribution in [2.75, 3.05) is 18.4 Å². The normalized spacial score (nSPS) is 14.8. The van der Waals surface area contributed by atoms with E-state index in [9.17, 15) is 29.4 Å². The molecule has 2 rings (SSSR count). The number of aromatic carboxylic acids is 2. The summed E-state index contributed by atoms with van der Waals surface area (Å²) in [4.78, 5) is 49.0. The van der Waals surface area contributed by atoms with Crippen LogP contribution in [0.15, 0.2) is 0 Å². The first-order valence-electron chi connectivity index (χ1n) is 9.04. The van der Waals surface area contributed by atoms with E-state index in [0.29, 0.717) is 5.75 Å². The lowest BCUT2D eigenvalue weighted by atomic mass is 10.1. The van der Waals surface area contributed by atoms with Gasteiger partial charge in [0.1, 0.15) is 16.9 Å². The Balaban J connectivity index is 2.07. The first kappa shape index (κ1) is 22.5. The molecule has 0 aliphatic carbocycles. The molecule has 1 aliphatic rings. The Morgan fingerprint density at radius 2 is 1.76 bits per heavy atom. The molecule has 1 fully saturated rings. The predicted octanol–water partition coefficient (Wildman–Crippen LogP) is 2.90. The van der Waals surface area contributed by atoms with E-state index in [1.165, 1.54) is 11.8 Å². The summed E-state index contributed by atoms with van der Waals surface area (Å²) in [6.07, 6.45) is -0.471. The number of ether oxygens (including phenoxy) is 1. The second kappa shape index (κ2) is 8.27. The molecule has 0 radical (unpaired) electrons. The Morgan fingerprint density at radius 1 is 1.17 bits per heavy atom. The highest BCUT2D eigenvalue weighted by atomic mass is 32.2. The number of carboxylic acids is 2. The third-order valence-corrected chi connectivity index (χ3v) is 6.58. The fraction of sp³-hybridized carbons (Fsp3) is 0.556. The largest absolute Gasteiger partial charge is 0.477 e. The van der Waals surface area contributed by atoms with E-state index in [4.69, 9.17) is 4.74 Å². The highest BCUT2D eigenvalue weighted by Gasteiger charge is 2.39. The fourth-order valence-corrected chi connectivity index (χ4v) is 5.17. The summed E-state index contributed by atoms with van der Waals surface area (Å²) in [6.45, 7) is 8.98. The van der Waals surface area contributed by atoms with Crippen LogP contribution < -0.4 is 10.6 Å². The molecule has 1 aromatic rings. The van der Waals surface area contributed by atoms with Crippen molar-refractivity contribution in [2.24, 2.45) is 0 Å². The Morgan fingerprint density at radius 3 is 2.21 bits per heavy atom. The van der Waals surface area contributed by atoms with Gasteiger partial charge in [-0.3, -0.25) is 5.32 Å². The lowest BCUT2D eigenvalue weighted by Gasteiger charge is -2.39. The fourth-order valence-electron chi connectivity index (χ4n) is 3.00. The van der Waals surface area contributed by atoms with Gasteiger partial charge in [-0.2, -0.15) is 0 Å². The molecule has 1 aliphatic heterocycles. The summed E-state index contributed by atoms with van der Waals surface area (Å²) in [5.74, 6) is -2.14. The van der Waals surface area contributed by atoms with Crippen LogP contribution in [0.5, 0.6) is 0 Å². The van der Waals surface area contributed by atoms with Crippen LogP contribution in [0.3, 0.4) is 0 Å². The number of amides is 3. The van der Waals surface area contributed by atoms with Gasteiger partial charge in [0.15, 0.2) is 0 Å². The van der Waals surface area contributed by atoms with Crippen molar-refractivity contribution in [3.8, 4) is 0 Å². The Bertz CT molecular complexity index is 851. The number of carbonyl (C=O) groups excluding carboxylic acids is 2. The number of hydrogen-bond donors (Lipinski definition) is 4. The second-order valence-electron chi connectivity index (χ2n) is 7.63. The topological polar surface area (TPSA) is 145 Å². The van der Waals surface area contributed by atoms with E-state index in [0.717, 1.165) is 0 Å². The molecule has 0 bridgehead atoms. The highest BCUT2D eigenvalue weighted by molar-refractivity contribution is 7.36. The summed E-state index contributed by atoms with van der Waals surface area (Å²) < 4.78 is 5.24. The van der Waals surface area contributed by atoms with Gasteiger partial charge in [-0.15, -0.1) is 0 Å². The number of anilines is 1. The lowest BCUT2D eigenvalue weighted by molar-refractivity contribution is 0.00646. The SMILES string of the molecule is CC[s+]1c(NC(=O)NC2CN(C(=O)OC(C)(C)C)C2)c(C(=O)O)c(C)c1C(=O)O. The van der Waals surface area contributed by atoms with Crippen LogP contribution in [0.1, 0.15) is 53.3 Å². The summed E-state index contributed by atoms with van der Waals surface area (Å²) in [7, 11) is -1.04. The maximum Gasteiger partial charge on any atom is 0.410 e. The van der Waals surface area contributed by atoms with Crippen molar-refractivity contribution < 1.29 is 34.1 Å². The summed E-state index contributed by atoms with van der Waals surface area (Å²) in [5.41, 5.74) is -0.658. The van der Waals surface area contributed by atoms with Gasteiger partial charge in [-0.05, 0) is 34.6 Å². The Labute approximate surface area is 170 Å². The number of urea groups is 1. The molecule has 10 nitrogen and oxygen atoms in total. The van der Waals surface area contributed by atoms with E-state index >= 15 is 0 Å². The zero-order chi connectivity index (χ0) is 22.1. The molecule has 0 spiro atoms. The Hall–Kier alpha value is -2.82.